The highest BCUT2D eigenvalue weighted by atomic mass is 19.3. The van der Waals surface area contributed by atoms with Crippen LogP contribution in [-0.4, -0.2) is 36.5 Å². The molecule has 0 saturated heterocycles. The Labute approximate surface area is 117 Å². The Morgan fingerprint density at radius 2 is 1.90 bits per heavy atom. The van der Waals surface area contributed by atoms with Gasteiger partial charge < -0.3 is 15.4 Å². The van der Waals surface area contributed by atoms with Crippen molar-refractivity contribution in [1.82, 2.24) is 4.90 Å². The molecule has 0 atom stereocenters. The summed E-state index contributed by atoms with van der Waals surface area (Å²) in [6, 6.07) is 5.74. The van der Waals surface area contributed by atoms with E-state index in [4.69, 9.17) is 5.73 Å². The molecule has 0 aliphatic rings. The number of carbonyl (C=O) groups excluding carboxylic acids is 1. The fourth-order valence-electron chi connectivity index (χ4n) is 1.80. The van der Waals surface area contributed by atoms with Crippen LogP contribution in [0.5, 0.6) is 5.75 Å². The Kier molecular flexibility index (Phi) is 6.38. The van der Waals surface area contributed by atoms with Crippen molar-refractivity contribution in [1.29, 1.82) is 0 Å². The van der Waals surface area contributed by atoms with Gasteiger partial charge in [-0.3, -0.25) is 4.79 Å². The molecule has 1 amide bonds. The van der Waals surface area contributed by atoms with E-state index in [0.29, 0.717) is 18.7 Å². The van der Waals surface area contributed by atoms with E-state index in [0.717, 1.165) is 6.42 Å². The summed E-state index contributed by atoms with van der Waals surface area (Å²) in [5, 5.41) is 0. The summed E-state index contributed by atoms with van der Waals surface area (Å²) >= 11 is 0. The first kappa shape index (κ1) is 16.4. The molecule has 0 fully saturated rings. The van der Waals surface area contributed by atoms with Gasteiger partial charge in [0.15, 0.2) is 0 Å². The third-order valence-electron chi connectivity index (χ3n) is 2.81. The standard InChI is InChI=1S/C14H20F2N2O2/c1-10(2)18(9-3-8-17)13(19)11-4-6-12(7-5-11)20-14(15)16/h4-7,10,14H,3,8-9,17H2,1-2H3. The van der Waals surface area contributed by atoms with Crippen molar-refractivity contribution in [2.45, 2.75) is 32.9 Å². The third kappa shape index (κ3) is 4.77. The van der Waals surface area contributed by atoms with E-state index in [-0.39, 0.29) is 17.7 Å². The summed E-state index contributed by atoms with van der Waals surface area (Å²) in [5.74, 6) is -0.105. The number of rotatable bonds is 7. The van der Waals surface area contributed by atoms with Gasteiger partial charge in [-0.05, 0) is 51.1 Å². The van der Waals surface area contributed by atoms with Crippen LogP contribution in [0.4, 0.5) is 8.78 Å². The van der Waals surface area contributed by atoms with Gasteiger partial charge in [0.05, 0.1) is 0 Å². The normalized spacial score (nSPS) is 10.9. The topological polar surface area (TPSA) is 55.6 Å². The molecule has 0 aliphatic heterocycles. The lowest BCUT2D eigenvalue weighted by Crippen LogP contribution is -2.38. The van der Waals surface area contributed by atoms with Gasteiger partial charge in [0, 0.05) is 18.2 Å². The molecule has 1 aromatic rings. The fraction of sp³-hybridized carbons (Fsp3) is 0.500. The molecular formula is C14H20F2N2O2. The largest absolute Gasteiger partial charge is 0.435 e. The zero-order valence-electron chi connectivity index (χ0n) is 11.7. The van der Waals surface area contributed by atoms with E-state index < -0.39 is 6.61 Å². The van der Waals surface area contributed by atoms with Crippen LogP contribution in [0.2, 0.25) is 0 Å². The van der Waals surface area contributed by atoms with Crippen molar-refractivity contribution < 1.29 is 18.3 Å². The van der Waals surface area contributed by atoms with Crippen LogP contribution in [0.1, 0.15) is 30.6 Å². The minimum atomic E-state index is -2.87. The second kappa shape index (κ2) is 7.79. The maximum absolute atomic E-state index is 12.3. The molecule has 1 rings (SSSR count). The lowest BCUT2D eigenvalue weighted by molar-refractivity contribution is -0.0498. The van der Waals surface area contributed by atoms with Gasteiger partial charge in [-0.1, -0.05) is 0 Å². The summed E-state index contributed by atoms with van der Waals surface area (Å²) in [5.41, 5.74) is 5.90. The minimum absolute atomic E-state index is 0.0367. The lowest BCUT2D eigenvalue weighted by atomic mass is 10.1. The van der Waals surface area contributed by atoms with Crippen LogP contribution < -0.4 is 10.5 Å². The molecular weight excluding hydrogens is 266 g/mol. The fourth-order valence-corrected chi connectivity index (χ4v) is 1.80. The summed E-state index contributed by atoms with van der Waals surface area (Å²) in [6.07, 6.45) is 0.719. The molecule has 0 bridgehead atoms. The number of alkyl halides is 2. The quantitative estimate of drug-likeness (QED) is 0.838. The van der Waals surface area contributed by atoms with Crippen molar-refractivity contribution in [3.05, 3.63) is 29.8 Å². The summed E-state index contributed by atoms with van der Waals surface area (Å²) < 4.78 is 28.3. The van der Waals surface area contributed by atoms with Crippen LogP contribution in [0, 0.1) is 0 Å². The van der Waals surface area contributed by atoms with E-state index in [9.17, 15) is 13.6 Å². The number of nitrogens with zero attached hydrogens (tertiary/aromatic N) is 1. The zero-order chi connectivity index (χ0) is 15.1. The molecule has 112 valence electrons. The van der Waals surface area contributed by atoms with Gasteiger partial charge >= 0.3 is 6.61 Å². The molecule has 4 nitrogen and oxygen atoms in total. The second-order valence-electron chi connectivity index (χ2n) is 4.64. The van der Waals surface area contributed by atoms with E-state index in [2.05, 4.69) is 4.74 Å². The summed E-state index contributed by atoms with van der Waals surface area (Å²) in [6.45, 7) is 2.05. The Morgan fingerprint density at radius 1 is 1.30 bits per heavy atom. The van der Waals surface area contributed by atoms with Crippen LogP contribution in [0.15, 0.2) is 24.3 Å². The summed E-state index contributed by atoms with van der Waals surface area (Å²) in [4.78, 5) is 14.0. The molecule has 0 saturated carbocycles. The van der Waals surface area contributed by atoms with Gasteiger partial charge in [-0.25, -0.2) is 0 Å². The first-order chi connectivity index (χ1) is 9.45. The number of hydrogen-bond acceptors (Lipinski definition) is 3. The number of carbonyl (C=O) groups is 1. The maximum atomic E-state index is 12.3. The van der Waals surface area contributed by atoms with E-state index >= 15 is 0 Å². The molecule has 6 heteroatoms. The number of nitrogens with two attached hydrogens (primary N) is 1. The molecule has 1 aromatic carbocycles. The Morgan fingerprint density at radius 3 is 2.35 bits per heavy atom. The molecule has 0 radical (unpaired) electrons. The van der Waals surface area contributed by atoms with Gasteiger partial charge in [0.2, 0.25) is 0 Å². The van der Waals surface area contributed by atoms with Gasteiger partial charge in [-0.2, -0.15) is 8.78 Å². The molecule has 2 N–H and O–H groups in total. The van der Waals surface area contributed by atoms with Gasteiger partial charge in [0.25, 0.3) is 5.91 Å². The summed E-state index contributed by atoms with van der Waals surface area (Å²) in [7, 11) is 0. The molecule has 0 unspecified atom stereocenters. The van der Waals surface area contributed by atoms with Crippen LogP contribution >= 0.6 is 0 Å². The number of hydrogen-bond donors (Lipinski definition) is 1. The smallest absolute Gasteiger partial charge is 0.387 e. The molecule has 0 spiro atoms. The zero-order valence-corrected chi connectivity index (χ0v) is 11.7. The minimum Gasteiger partial charge on any atom is -0.435 e. The molecule has 0 heterocycles. The number of amides is 1. The number of ether oxygens (including phenoxy) is 1. The highest BCUT2D eigenvalue weighted by Crippen LogP contribution is 2.17. The van der Waals surface area contributed by atoms with E-state index in [1.54, 1.807) is 4.90 Å². The van der Waals surface area contributed by atoms with Crippen molar-refractivity contribution in [2.75, 3.05) is 13.1 Å². The highest BCUT2D eigenvalue weighted by Gasteiger charge is 2.18. The molecule has 0 aliphatic carbocycles. The van der Waals surface area contributed by atoms with Crippen LogP contribution in [0.3, 0.4) is 0 Å². The first-order valence-electron chi connectivity index (χ1n) is 6.51. The number of halogens is 2. The van der Waals surface area contributed by atoms with E-state index in [1.165, 1.54) is 24.3 Å². The van der Waals surface area contributed by atoms with Gasteiger partial charge in [-0.15, -0.1) is 0 Å². The van der Waals surface area contributed by atoms with Crippen LogP contribution in [0.25, 0.3) is 0 Å². The predicted molar refractivity (Wildman–Crippen MR) is 72.9 cm³/mol. The van der Waals surface area contributed by atoms with Gasteiger partial charge in [0.1, 0.15) is 5.75 Å². The van der Waals surface area contributed by atoms with Crippen molar-refractivity contribution in [2.24, 2.45) is 5.73 Å². The Bertz CT molecular complexity index is 422. The average molecular weight is 286 g/mol. The Hall–Kier alpha value is -1.69. The van der Waals surface area contributed by atoms with E-state index in [1.807, 2.05) is 13.8 Å². The number of benzene rings is 1. The first-order valence-corrected chi connectivity index (χ1v) is 6.51. The third-order valence-corrected chi connectivity index (χ3v) is 2.81. The maximum Gasteiger partial charge on any atom is 0.387 e. The van der Waals surface area contributed by atoms with Crippen molar-refractivity contribution >= 4 is 5.91 Å². The van der Waals surface area contributed by atoms with Crippen molar-refractivity contribution in [3.8, 4) is 5.75 Å². The van der Waals surface area contributed by atoms with Crippen molar-refractivity contribution in [3.63, 3.8) is 0 Å². The predicted octanol–water partition coefficient (Wildman–Crippen LogP) is 2.49. The molecule has 20 heavy (non-hydrogen) atoms. The monoisotopic (exact) mass is 286 g/mol. The Balaban J connectivity index is 2.78. The molecule has 0 aromatic heterocycles. The SMILES string of the molecule is CC(C)N(CCCN)C(=O)c1ccc(OC(F)F)cc1. The average Bonchev–Trinajstić information content (AvgIpc) is 2.38. The lowest BCUT2D eigenvalue weighted by Gasteiger charge is -2.26. The highest BCUT2D eigenvalue weighted by molar-refractivity contribution is 5.94. The second-order valence-corrected chi connectivity index (χ2v) is 4.64. The van der Waals surface area contributed by atoms with Crippen LogP contribution in [-0.2, 0) is 0 Å².